The first-order valence-corrected chi connectivity index (χ1v) is 9.17. The first-order chi connectivity index (χ1) is 13.6. The number of carbonyl (C=O) groups excluding carboxylic acids is 1. The smallest absolute Gasteiger partial charge is 0.272 e. The molecule has 28 heavy (non-hydrogen) atoms. The Kier molecular flexibility index (Phi) is 6.22. The average Bonchev–Trinajstić information content (AvgIpc) is 2.73. The van der Waals surface area contributed by atoms with E-state index in [2.05, 4.69) is 46.8 Å². The lowest BCUT2D eigenvalue weighted by Crippen LogP contribution is -2.24. The van der Waals surface area contributed by atoms with Gasteiger partial charge in [0.2, 0.25) is 0 Å². The van der Waals surface area contributed by atoms with Crippen LogP contribution in [0.1, 0.15) is 41.4 Å². The molecule has 0 spiro atoms. The van der Waals surface area contributed by atoms with Crippen LogP contribution in [0.25, 0.3) is 0 Å². The summed E-state index contributed by atoms with van der Waals surface area (Å²) in [5.74, 6) is 1.52. The van der Waals surface area contributed by atoms with Crippen molar-refractivity contribution in [1.29, 1.82) is 0 Å². The summed E-state index contributed by atoms with van der Waals surface area (Å²) in [7, 11) is 1.61. The van der Waals surface area contributed by atoms with Crippen molar-refractivity contribution in [1.82, 2.24) is 15.5 Å². The van der Waals surface area contributed by atoms with Gasteiger partial charge in [-0.05, 0) is 41.8 Å². The fourth-order valence-electron chi connectivity index (χ4n) is 2.73. The summed E-state index contributed by atoms with van der Waals surface area (Å²) in [6.07, 6.45) is 0. The standard InChI is InChI=1S/C22H24N4O2/c1-15(2)16-8-10-18(11-9-16)24-21-13-12-19(25-26-21)22(27)23-14-17-6-4-5-7-20(17)28-3/h4-13,15H,14H2,1-3H3,(H,23,27)(H,24,26). The summed E-state index contributed by atoms with van der Waals surface area (Å²) < 4.78 is 5.29. The molecule has 0 aliphatic heterocycles. The second kappa shape index (κ2) is 8.99. The van der Waals surface area contributed by atoms with Gasteiger partial charge in [-0.3, -0.25) is 4.79 Å². The van der Waals surface area contributed by atoms with Crippen LogP contribution in [-0.2, 0) is 6.54 Å². The van der Waals surface area contributed by atoms with E-state index >= 15 is 0 Å². The second-order valence-corrected chi connectivity index (χ2v) is 6.70. The molecule has 0 aliphatic rings. The van der Waals surface area contributed by atoms with E-state index < -0.39 is 0 Å². The monoisotopic (exact) mass is 376 g/mol. The fourth-order valence-corrected chi connectivity index (χ4v) is 2.73. The molecule has 2 aromatic carbocycles. The maximum Gasteiger partial charge on any atom is 0.272 e. The number of rotatable bonds is 7. The SMILES string of the molecule is COc1ccccc1CNC(=O)c1ccc(Nc2ccc(C(C)C)cc2)nn1. The Bertz CT molecular complexity index is 922. The molecular formula is C22H24N4O2. The number of hydrogen-bond donors (Lipinski definition) is 2. The lowest BCUT2D eigenvalue weighted by atomic mass is 10.0. The van der Waals surface area contributed by atoms with Gasteiger partial charge < -0.3 is 15.4 Å². The van der Waals surface area contributed by atoms with E-state index in [1.165, 1.54) is 5.56 Å². The zero-order chi connectivity index (χ0) is 19.9. The van der Waals surface area contributed by atoms with Crippen LogP contribution in [0.4, 0.5) is 11.5 Å². The number of methoxy groups -OCH3 is 1. The van der Waals surface area contributed by atoms with Gasteiger partial charge in [-0.15, -0.1) is 10.2 Å². The van der Waals surface area contributed by atoms with Gasteiger partial charge in [-0.25, -0.2) is 0 Å². The van der Waals surface area contributed by atoms with E-state index in [0.29, 0.717) is 18.3 Å². The summed E-state index contributed by atoms with van der Waals surface area (Å²) in [6, 6.07) is 19.1. The topological polar surface area (TPSA) is 76.1 Å². The molecule has 0 unspecified atom stereocenters. The van der Waals surface area contributed by atoms with E-state index in [4.69, 9.17) is 4.74 Å². The minimum absolute atomic E-state index is 0.260. The third-order valence-electron chi connectivity index (χ3n) is 4.38. The van der Waals surface area contributed by atoms with Crippen molar-refractivity contribution >= 4 is 17.4 Å². The quantitative estimate of drug-likeness (QED) is 0.644. The molecule has 2 N–H and O–H groups in total. The van der Waals surface area contributed by atoms with Gasteiger partial charge in [0.25, 0.3) is 5.91 Å². The first kappa shape index (κ1) is 19.4. The number of amides is 1. The molecule has 0 fully saturated rings. The molecule has 144 valence electrons. The van der Waals surface area contributed by atoms with Crippen molar-refractivity contribution in [3.05, 3.63) is 77.5 Å². The lowest BCUT2D eigenvalue weighted by Gasteiger charge is -2.10. The highest BCUT2D eigenvalue weighted by molar-refractivity contribution is 5.92. The molecule has 1 heterocycles. The van der Waals surface area contributed by atoms with Crippen molar-refractivity contribution < 1.29 is 9.53 Å². The Labute approximate surface area is 165 Å². The summed E-state index contributed by atoms with van der Waals surface area (Å²) in [5, 5.41) is 14.1. The number of nitrogens with zero attached hydrogens (tertiary/aromatic N) is 2. The Morgan fingerprint density at radius 2 is 1.75 bits per heavy atom. The minimum Gasteiger partial charge on any atom is -0.496 e. The Morgan fingerprint density at radius 3 is 2.39 bits per heavy atom. The Balaban J connectivity index is 1.59. The van der Waals surface area contributed by atoms with Gasteiger partial charge in [0.15, 0.2) is 11.5 Å². The summed E-state index contributed by atoms with van der Waals surface area (Å²) in [4.78, 5) is 12.3. The molecule has 0 saturated carbocycles. The molecule has 3 aromatic rings. The van der Waals surface area contributed by atoms with E-state index in [1.807, 2.05) is 36.4 Å². The maximum atomic E-state index is 12.3. The molecule has 0 atom stereocenters. The van der Waals surface area contributed by atoms with Crippen LogP contribution in [0, 0.1) is 0 Å². The van der Waals surface area contributed by atoms with Gasteiger partial charge in [-0.1, -0.05) is 44.2 Å². The van der Waals surface area contributed by atoms with E-state index in [0.717, 1.165) is 17.0 Å². The Morgan fingerprint density at radius 1 is 1.00 bits per heavy atom. The number of aromatic nitrogens is 2. The lowest BCUT2D eigenvalue weighted by molar-refractivity contribution is 0.0944. The largest absolute Gasteiger partial charge is 0.496 e. The molecule has 6 nitrogen and oxygen atoms in total. The highest BCUT2D eigenvalue weighted by Gasteiger charge is 2.10. The number of para-hydroxylation sites is 1. The fraction of sp³-hybridized carbons (Fsp3) is 0.227. The highest BCUT2D eigenvalue weighted by Crippen LogP contribution is 2.20. The number of nitrogens with one attached hydrogen (secondary N) is 2. The van der Waals surface area contributed by atoms with Gasteiger partial charge in [0.05, 0.1) is 7.11 Å². The number of anilines is 2. The van der Waals surface area contributed by atoms with Crippen molar-refractivity contribution in [3.63, 3.8) is 0 Å². The van der Waals surface area contributed by atoms with Crippen LogP contribution in [0.5, 0.6) is 5.75 Å². The van der Waals surface area contributed by atoms with Crippen LogP contribution in [0.15, 0.2) is 60.7 Å². The molecule has 0 aliphatic carbocycles. The van der Waals surface area contributed by atoms with Gasteiger partial charge in [0, 0.05) is 17.8 Å². The van der Waals surface area contributed by atoms with Crippen molar-refractivity contribution in [2.75, 3.05) is 12.4 Å². The Hall–Kier alpha value is -3.41. The molecule has 0 bridgehead atoms. The molecule has 0 saturated heterocycles. The van der Waals surface area contributed by atoms with E-state index in [9.17, 15) is 4.79 Å². The highest BCUT2D eigenvalue weighted by atomic mass is 16.5. The van der Waals surface area contributed by atoms with Crippen molar-refractivity contribution in [2.24, 2.45) is 0 Å². The second-order valence-electron chi connectivity index (χ2n) is 6.70. The summed E-state index contributed by atoms with van der Waals surface area (Å²) >= 11 is 0. The predicted octanol–water partition coefficient (Wildman–Crippen LogP) is 4.28. The molecule has 0 radical (unpaired) electrons. The van der Waals surface area contributed by atoms with Crippen LogP contribution >= 0.6 is 0 Å². The average molecular weight is 376 g/mol. The van der Waals surface area contributed by atoms with Crippen LogP contribution in [-0.4, -0.2) is 23.2 Å². The van der Waals surface area contributed by atoms with Gasteiger partial charge >= 0.3 is 0 Å². The molecule has 1 aromatic heterocycles. The number of ether oxygens (including phenoxy) is 1. The number of carbonyl (C=O) groups is 1. The van der Waals surface area contributed by atoms with Crippen LogP contribution in [0.3, 0.4) is 0 Å². The van der Waals surface area contributed by atoms with Crippen LogP contribution < -0.4 is 15.4 Å². The number of hydrogen-bond acceptors (Lipinski definition) is 5. The first-order valence-electron chi connectivity index (χ1n) is 9.17. The zero-order valence-electron chi connectivity index (χ0n) is 16.3. The molecule has 1 amide bonds. The third kappa shape index (κ3) is 4.85. The summed E-state index contributed by atoms with van der Waals surface area (Å²) in [6.45, 7) is 4.67. The van der Waals surface area contributed by atoms with Crippen molar-refractivity contribution in [3.8, 4) is 5.75 Å². The van der Waals surface area contributed by atoms with E-state index in [-0.39, 0.29) is 11.6 Å². The zero-order valence-corrected chi connectivity index (χ0v) is 16.3. The normalized spacial score (nSPS) is 10.6. The summed E-state index contributed by atoms with van der Waals surface area (Å²) in [5.41, 5.74) is 3.36. The molecule has 3 rings (SSSR count). The number of benzene rings is 2. The van der Waals surface area contributed by atoms with Gasteiger partial charge in [0.1, 0.15) is 5.75 Å². The predicted molar refractivity (Wildman–Crippen MR) is 110 cm³/mol. The minimum atomic E-state index is -0.286. The van der Waals surface area contributed by atoms with Crippen LogP contribution in [0.2, 0.25) is 0 Å². The van der Waals surface area contributed by atoms with Gasteiger partial charge in [-0.2, -0.15) is 0 Å². The molecular weight excluding hydrogens is 352 g/mol. The van der Waals surface area contributed by atoms with E-state index in [1.54, 1.807) is 19.2 Å². The molecule has 6 heteroatoms. The third-order valence-corrected chi connectivity index (χ3v) is 4.38. The van der Waals surface area contributed by atoms with Crippen molar-refractivity contribution in [2.45, 2.75) is 26.3 Å². The maximum absolute atomic E-state index is 12.3.